The highest BCUT2D eigenvalue weighted by Gasteiger charge is 2.59. The number of rotatable bonds is 6. The Morgan fingerprint density at radius 2 is 1.77 bits per heavy atom. The second-order valence-corrected chi connectivity index (χ2v) is 9.98. The summed E-state index contributed by atoms with van der Waals surface area (Å²) in [5, 5.41) is 0. The molecular weight excluding hydrogens is 384 g/mol. The Hall–Kier alpha value is -1.59. The molecule has 170 valence electrons. The molecular formula is C24H38O6. The molecule has 0 bridgehead atoms. The van der Waals surface area contributed by atoms with Crippen LogP contribution in [0.3, 0.4) is 0 Å². The Kier molecular flexibility index (Phi) is 7.13. The largest absolute Gasteiger partial charge is 0.466 e. The maximum atomic E-state index is 12.0. The van der Waals surface area contributed by atoms with E-state index in [-0.39, 0.29) is 41.4 Å². The molecule has 0 saturated heterocycles. The Morgan fingerprint density at radius 3 is 2.40 bits per heavy atom. The van der Waals surface area contributed by atoms with Crippen molar-refractivity contribution in [3.8, 4) is 0 Å². The molecule has 6 heteroatoms. The van der Waals surface area contributed by atoms with Gasteiger partial charge in [-0.2, -0.15) is 0 Å². The average molecular weight is 423 g/mol. The van der Waals surface area contributed by atoms with Crippen molar-refractivity contribution in [2.45, 2.75) is 91.8 Å². The number of carbonyl (C=O) groups is 3. The van der Waals surface area contributed by atoms with Gasteiger partial charge in [-0.05, 0) is 81.5 Å². The van der Waals surface area contributed by atoms with Gasteiger partial charge in [-0.1, -0.05) is 6.92 Å². The van der Waals surface area contributed by atoms with E-state index >= 15 is 0 Å². The van der Waals surface area contributed by atoms with Crippen molar-refractivity contribution in [3.05, 3.63) is 0 Å². The fourth-order valence-corrected chi connectivity index (χ4v) is 7.23. The van der Waals surface area contributed by atoms with Crippen molar-refractivity contribution in [1.29, 1.82) is 0 Å². The smallest absolute Gasteiger partial charge is 0.306 e. The van der Waals surface area contributed by atoms with Crippen LogP contribution in [0.15, 0.2) is 0 Å². The Morgan fingerprint density at radius 1 is 1.03 bits per heavy atom. The molecule has 0 aromatic heterocycles. The minimum Gasteiger partial charge on any atom is -0.466 e. The standard InChI is InChI=1S/C24H38O6/c1-6-28-23(27)12-17-7-8-18-19(11-17)22(30-16(4)26)13-24(5)20(9-10-21(18)24)14(2)29-15(3)25/h14,17-22H,6-13H2,1-5H3. The summed E-state index contributed by atoms with van der Waals surface area (Å²) in [5.74, 6) is 1.30. The summed E-state index contributed by atoms with van der Waals surface area (Å²) in [6, 6.07) is 0. The number of hydrogen-bond donors (Lipinski definition) is 0. The van der Waals surface area contributed by atoms with Crippen molar-refractivity contribution in [3.63, 3.8) is 0 Å². The third kappa shape index (κ3) is 4.67. The van der Waals surface area contributed by atoms with Gasteiger partial charge in [0.05, 0.1) is 6.61 Å². The topological polar surface area (TPSA) is 78.9 Å². The summed E-state index contributed by atoms with van der Waals surface area (Å²) in [6.45, 7) is 9.51. The van der Waals surface area contributed by atoms with Gasteiger partial charge in [0, 0.05) is 26.2 Å². The first-order valence-corrected chi connectivity index (χ1v) is 11.7. The highest BCUT2D eigenvalue weighted by Crippen LogP contribution is 2.63. The van der Waals surface area contributed by atoms with Gasteiger partial charge in [0.25, 0.3) is 0 Å². The molecule has 3 aliphatic rings. The highest BCUT2D eigenvalue weighted by atomic mass is 16.5. The van der Waals surface area contributed by atoms with Crippen LogP contribution >= 0.6 is 0 Å². The van der Waals surface area contributed by atoms with Gasteiger partial charge in [-0.25, -0.2) is 0 Å². The monoisotopic (exact) mass is 422 g/mol. The van der Waals surface area contributed by atoms with Crippen LogP contribution < -0.4 is 0 Å². The molecule has 0 heterocycles. The van der Waals surface area contributed by atoms with Gasteiger partial charge < -0.3 is 14.2 Å². The van der Waals surface area contributed by atoms with Gasteiger partial charge >= 0.3 is 17.9 Å². The molecule has 0 N–H and O–H groups in total. The first-order chi connectivity index (χ1) is 14.2. The van der Waals surface area contributed by atoms with Crippen LogP contribution in [0.25, 0.3) is 0 Å². The van der Waals surface area contributed by atoms with Crippen molar-refractivity contribution in [1.82, 2.24) is 0 Å². The quantitative estimate of drug-likeness (QED) is 0.469. The van der Waals surface area contributed by atoms with Crippen LogP contribution in [0.4, 0.5) is 0 Å². The molecule has 3 rings (SSSR count). The molecule has 0 radical (unpaired) electrons. The maximum absolute atomic E-state index is 12.0. The molecule has 0 aromatic rings. The van der Waals surface area contributed by atoms with Crippen LogP contribution in [-0.4, -0.2) is 36.7 Å². The van der Waals surface area contributed by atoms with E-state index in [0.29, 0.717) is 36.7 Å². The molecule has 8 atom stereocenters. The summed E-state index contributed by atoms with van der Waals surface area (Å²) >= 11 is 0. The second-order valence-electron chi connectivity index (χ2n) is 9.98. The van der Waals surface area contributed by atoms with E-state index in [1.54, 1.807) is 0 Å². The maximum Gasteiger partial charge on any atom is 0.306 e. The summed E-state index contributed by atoms with van der Waals surface area (Å²) in [7, 11) is 0. The minimum atomic E-state index is -0.240. The lowest BCUT2D eigenvalue weighted by Gasteiger charge is -2.55. The van der Waals surface area contributed by atoms with Crippen LogP contribution in [0.5, 0.6) is 0 Å². The molecule has 6 nitrogen and oxygen atoms in total. The lowest BCUT2D eigenvalue weighted by atomic mass is 9.52. The number of fused-ring (bicyclic) bond motifs is 3. The van der Waals surface area contributed by atoms with Crippen LogP contribution in [0, 0.1) is 35.0 Å². The Balaban J connectivity index is 1.79. The van der Waals surface area contributed by atoms with E-state index in [1.807, 2.05) is 13.8 Å². The zero-order valence-corrected chi connectivity index (χ0v) is 19.1. The molecule has 0 aliphatic heterocycles. The molecule has 0 spiro atoms. The first kappa shape index (κ1) is 23.1. The average Bonchev–Trinajstić information content (AvgIpc) is 2.98. The van der Waals surface area contributed by atoms with Gasteiger partial charge in [-0.15, -0.1) is 0 Å². The summed E-state index contributed by atoms with van der Waals surface area (Å²) in [4.78, 5) is 35.5. The van der Waals surface area contributed by atoms with Crippen LogP contribution in [0.2, 0.25) is 0 Å². The Labute approximate surface area is 180 Å². The van der Waals surface area contributed by atoms with Crippen molar-refractivity contribution >= 4 is 17.9 Å². The van der Waals surface area contributed by atoms with E-state index in [2.05, 4.69) is 6.92 Å². The molecule has 8 unspecified atom stereocenters. The van der Waals surface area contributed by atoms with Crippen molar-refractivity contribution in [2.24, 2.45) is 35.0 Å². The van der Waals surface area contributed by atoms with Gasteiger partial charge in [0.15, 0.2) is 0 Å². The fraction of sp³-hybridized carbons (Fsp3) is 0.875. The van der Waals surface area contributed by atoms with Crippen molar-refractivity contribution < 1.29 is 28.6 Å². The lowest BCUT2D eigenvalue weighted by molar-refractivity contribution is -0.172. The van der Waals surface area contributed by atoms with E-state index in [1.165, 1.54) is 13.8 Å². The molecule has 3 aliphatic carbocycles. The molecule has 30 heavy (non-hydrogen) atoms. The van der Waals surface area contributed by atoms with Crippen LogP contribution in [-0.2, 0) is 28.6 Å². The zero-order valence-electron chi connectivity index (χ0n) is 19.1. The number of ether oxygens (including phenoxy) is 3. The fourth-order valence-electron chi connectivity index (χ4n) is 7.23. The molecule has 0 amide bonds. The Bertz CT molecular complexity index is 660. The second kappa shape index (κ2) is 9.27. The zero-order chi connectivity index (χ0) is 22.1. The summed E-state index contributed by atoms with van der Waals surface area (Å²) < 4.78 is 16.6. The van der Waals surface area contributed by atoms with Crippen molar-refractivity contribution in [2.75, 3.05) is 6.61 Å². The van der Waals surface area contributed by atoms with E-state index in [4.69, 9.17) is 14.2 Å². The van der Waals surface area contributed by atoms with E-state index < -0.39 is 0 Å². The van der Waals surface area contributed by atoms with E-state index in [0.717, 1.165) is 38.5 Å². The lowest BCUT2D eigenvalue weighted by Crippen LogP contribution is -2.53. The summed E-state index contributed by atoms with van der Waals surface area (Å²) in [5.41, 5.74) is -0.00979. The van der Waals surface area contributed by atoms with Gasteiger partial charge in [-0.3, -0.25) is 14.4 Å². The first-order valence-electron chi connectivity index (χ1n) is 11.7. The summed E-state index contributed by atoms with van der Waals surface area (Å²) in [6.07, 6.45) is 6.15. The highest BCUT2D eigenvalue weighted by molar-refractivity contribution is 5.69. The number of esters is 3. The third-order valence-corrected chi connectivity index (χ3v) is 8.18. The third-order valence-electron chi connectivity index (χ3n) is 8.18. The van der Waals surface area contributed by atoms with Crippen LogP contribution in [0.1, 0.15) is 79.6 Å². The normalized spacial score (nSPS) is 38.7. The minimum absolute atomic E-state index is 0.00979. The van der Waals surface area contributed by atoms with Gasteiger partial charge in [0.2, 0.25) is 0 Å². The number of hydrogen-bond acceptors (Lipinski definition) is 6. The van der Waals surface area contributed by atoms with Gasteiger partial charge in [0.1, 0.15) is 12.2 Å². The molecule has 0 aromatic carbocycles. The SMILES string of the molecule is CCOC(=O)CC1CCC2C(C1)C(OC(C)=O)CC1(C)C(C(C)OC(C)=O)CCC21. The molecule has 3 fully saturated rings. The molecule has 3 saturated carbocycles. The number of carbonyl (C=O) groups excluding carboxylic acids is 3. The predicted molar refractivity (Wildman–Crippen MR) is 111 cm³/mol. The van der Waals surface area contributed by atoms with E-state index in [9.17, 15) is 14.4 Å². The predicted octanol–water partition coefficient (Wildman–Crippen LogP) is 4.29.